The van der Waals surface area contributed by atoms with Crippen LogP contribution in [0.4, 0.5) is 5.69 Å². The van der Waals surface area contributed by atoms with Crippen LogP contribution in [0.3, 0.4) is 0 Å². The van der Waals surface area contributed by atoms with E-state index in [0.717, 1.165) is 16.9 Å². The smallest absolute Gasteiger partial charge is 0.224 e. The first-order valence-electron chi connectivity index (χ1n) is 7.26. The van der Waals surface area contributed by atoms with Gasteiger partial charge in [0.1, 0.15) is 5.75 Å². The molecule has 4 heteroatoms. The van der Waals surface area contributed by atoms with Gasteiger partial charge in [0, 0.05) is 12.1 Å². The second-order valence-electron chi connectivity index (χ2n) is 5.29. The highest BCUT2D eigenvalue weighted by molar-refractivity contribution is 5.91. The molecular weight excluding hydrogens is 278 g/mol. The van der Waals surface area contributed by atoms with Crippen molar-refractivity contribution in [3.05, 3.63) is 59.7 Å². The van der Waals surface area contributed by atoms with Crippen LogP contribution < -0.4 is 10.1 Å². The Bertz CT molecular complexity index is 640. The predicted molar refractivity (Wildman–Crippen MR) is 87.0 cm³/mol. The molecule has 2 N–H and O–H groups in total. The van der Waals surface area contributed by atoms with Gasteiger partial charge in [0.05, 0.1) is 13.7 Å². The van der Waals surface area contributed by atoms with E-state index in [2.05, 4.69) is 5.32 Å². The highest BCUT2D eigenvalue weighted by atomic mass is 16.5. The van der Waals surface area contributed by atoms with Crippen molar-refractivity contribution in [1.82, 2.24) is 0 Å². The number of amides is 1. The van der Waals surface area contributed by atoms with Crippen LogP contribution in [0.1, 0.15) is 30.4 Å². The first-order chi connectivity index (χ1) is 10.6. The molecule has 0 radical (unpaired) electrons. The van der Waals surface area contributed by atoms with Gasteiger partial charge in [-0.3, -0.25) is 4.79 Å². The summed E-state index contributed by atoms with van der Waals surface area (Å²) in [5.74, 6) is 0.835. The fraction of sp³-hybridized carbons (Fsp3) is 0.278. The van der Waals surface area contributed by atoms with Gasteiger partial charge < -0.3 is 15.2 Å². The lowest BCUT2D eigenvalue weighted by atomic mass is 9.97. The Morgan fingerprint density at radius 3 is 2.73 bits per heavy atom. The summed E-state index contributed by atoms with van der Waals surface area (Å²) in [5, 5.41) is 12.0. The Labute approximate surface area is 130 Å². The van der Waals surface area contributed by atoms with Gasteiger partial charge in [-0.15, -0.1) is 0 Å². The van der Waals surface area contributed by atoms with E-state index in [0.29, 0.717) is 12.1 Å². The molecule has 0 aliphatic heterocycles. The van der Waals surface area contributed by atoms with Crippen LogP contribution >= 0.6 is 0 Å². The van der Waals surface area contributed by atoms with E-state index in [1.54, 1.807) is 13.2 Å². The summed E-state index contributed by atoms with van der Waals surface area (Å²) in [7, 11) is 1.63. The van der Waals surface area contributed by atoms with Gasteiger partial charge >= 0.3 is 0 Å². The van der Waals surface area contributed by atoms with Crippen molar-refractivity contribution in [2.45, 2.75) is 25.9 Å². The number of anilines is 1. The third kappa shape index (κ3) is 4.33. The number of nitrogens with one attached hydrogen (secondary N) is 1. The lowest BCUT2D eigenvalue weighted by Crippen LogP contribution is -2.14. The Morgan fingerprint density at radius 2 is 2.00 bits per heavy atom. The van der Waals surface area contributed by atoms with E-state index >= 15 is 0 Å². The van der Waals surface area contributed by atoms with E-state index < -0.39 is 0 Å². The van der Waals surface area contributed by atoms with Crippen molar-refractivity contribution in [3.63, 3.8) is 0 Å². The SMILES string of the molecule is COc1cccc(C(C)CC(=O)Nc2cccc(CO)c2)c1. The molecule has 0 aromatic heterocycles. The molecule has 0 spiro atoms. The summed E-state index contributed by atoms with van der Waals surface area (Å²) in [6.45, 7) is 1.97. The van der Waals surface area contributed by atoms with Crippen molar-refractivity contribution < 1.29 is 14.6 Å². The van der Waals surface area contributed by atoms with Gasteiger partial charge in [-0.05, 0) is 41.3 Å². The van der Waals surface area contributed by atoms with Gasteiger partial charge in [-0.2, -0.15) is 0 Å². The number of hydrogen-bond donors (Lipinski definition) is 2. The molecule has 0 heterocycles. The van der Waals surface area contributed by atoms with Crippen molar-refractivity contribution in [2.75, 3.05) is 12.4 Å². The zero-order chi connectivity index (χ0) is 15.9. The number of hydrogen-bond acceptors (Lipinski definition) is 3. The van der Waals surface area contributed by atoms with Crippen LogP contribution in [0, 0.1) is 0 Å². The Morgan fingerprint density at radius 1 is 1.23 bits per heavy atom. The molecule has 4 nitrogen and oxygen atoms in total. The van der Waals surface area contributed by atoms with Gasteiger partial charge in [0.2, 0.25) is 5.91 Å². The lowest BCUT2D eigenvalue weighted by Gasteiger charge is -2.13. The first-order valence-corrected chi connectivity index (χ1v) is 7.26. The largest absolute Gasteiger partial charge is 0.497 e. The second-order valence-corrected chi connectivity index (χ2v) is 5.29. The minimum absolute atomic E-state index is 0.0378. The molecule has 0 aliphatic carbocycles. The normalized spacial score (nSPS) is 11.8. The van der Waals surface area contributed by atoms with Crippen molar-refractivity contribution >= 4 is 11.6 Å². The fourth-order valence-corrected chi connectivity index (χ4v) is 2.30. The van der Waals surface area contributed by atoms with E-state index in [4.69, 9.17) is 9.84 Å². The van der Waals surface area contributed by atoms with E-state index in [-0.39, 0.29) is 18.4 Å². The average molecular weight is 299 g/mol. The Kier molecular flexibility index (Phi) is 5.55. The maximum Gasteiger partial charge on any atom is 0.224 e. The highest BCUT2D eigenvalue weighted by Crippen LogP contribution is 2.23. The number of rotatable bonds is 6. The summed E-state index contributed by atoms with van der Waals surface area (Å²) < 4.78 is 5.21. The van der Waals surface area contributed by atoms with Crippen LogP contribution in [0.25, 0.3) is 0 Å². The number of carbonyl (C=O) groups excluding carboxylic acids is 1. The molecule has 0 aliphatic rings. The zero-order valence-electron chi connectivity index (χ0n) is 12.9. The Hall–Kier alpha value is -2.33. The topological polar surface area (TPSA) is 58.6 Å². The van der Waals surface area contributed by atoms with Crippen molar-refractivity contribution in [1.29, 1.82) is 0 Å². The second kappa shape index (κ2) is 7.61. The Balaban J connectivity index is 1.98. The highest BCUT2D eigenvalue weighted by Gasteiger charge is 2.12. The maximum atomic E-state index is 12.1. The molecule has 0 bridgehead atoms. The van der Waals surface area contributed by atoms with E-state index in [9.17, 15) is 4.79 Å². The molecule has 1 atom stereocenters. The summed E-state index contributed by atoms with van der Waals surface area (Å²) in [6, 6.07) is 15.0. The molecule has 1 amide bonds. The average Bonchev–Trinajstić information content (AvgIpc) is 2.54. The molecule has 22 heavy (non-hydrogen) atoms. The number of methoxy groups -OCH3 is 1. The monoisotopic (exact) mass is 299 g/mol. The van der Waals surface area contributed by atoms with Gasteiger partial charge in [0.15, 0.2) is 0 Å². The van der Waals surface area contributed by atoms with Gasteiger partial charge in [-0.1, -0.05) is 31.2 Å². The van der Waals surface area contributed by atoms with Crippen LogP contribution in [0.15, 0.2) is 48.5 Å². The van der Waals surface area contributed by atoms with Crippen LogP contribution in [-0.2, 0) is 11.4 Å². The maximum absolute atomic E-state index is 12.1. The predicted octanol–water partition coefficient (Wildman–Crippen LogP) is 3.32. The molecule has 2 aromatic rings. The molecule has 0 saturated heterocycles. The number of carbonyl (C=O) groups is 1. The lowest BCUT2D eigenvalue weighted by molar-refractivity contribution is -0.116. The van der Waals surface area contributed by atoms with E-state index in [1.165, 1.54) is 0 Å². The van der Waals surface area contributed by atoms with Crippen LogP contribution in [-0.4, -0.2) is 18.1 Å². The third-order valence-electron chi connectivity index (χ3n) is 3.55. The summed E-state index contributed by atoms with van der Waals surface area (Å²) in [4.78, 5) is 12.1. The quantitative estimate of drug-likeness (QED) is 0.860. The zero-order valence-corrected chi connectivity index (χ0v) is 12.9. The van der Waals surface area contributed by atoms with E-state index in [1.807, 2.05) is 49.4 Å². The molecule has 2 aromatic carbocycles. The standard InChI is InChI=1S/C18H21NO3/c1-13(15-6-4-8-17(11-15)22-2)9-18(21)19-16-7-3-5-14(10-16)12-20/h3-8,10-11,13,20H,9,12H2,1-2H3,(H,19,21). The first kappa shape index (κ1) is 16.0. The molecule has 116 valence electrons. The fourth-order valence-electron chi connectivity index (χ4n) is 2.30. The third-order valence-corrected chi connectivity index (χ3v) is 3.55. The van der Waals surface area contributed by atoms with Crippen molar-refractivity contribution in [3.8, 4) is 5.75 Å². The summed E-state index contributed by atoms with van der Waals surface area (Å²) in [5.41, 5.74) is 2.55. The molecule has 2 rings (SSSR count). The molecule has 1 unspecified atom stereocenters. The van der Waals surface area contributed by atoms with Gasteiger partial charge in [0.25, 0.3) is 0 Å². The number of benzene rings is 2. The van der Waals surface area contributed by atoms with Gasteiger partial charge in [-0.25, -0.2) is 0 Å². The molecule has 0 saturated carbocycles. The summed E-state index contributed by atoms with van der Waals surface area (Å²) >= 11 is 0. The number of ether oxygens (including phenoxy) is 1. The summed E-state index contributed by atoms with van der Waals surface area (Å²) in [6.07, 6.45) is 0.385. The number of aliphatic hydroxyl groups excluding tert-OH is 1. The minimum Gasteiger partial charge on any atom is -0.497 e. The van der Waals surface area contributed by atoms with Crippen molar-refractivity contribution in [2.24, 2.45) is 0 Å². The number of aliphatic hydroxyl groups is 1. The minimum atomic E-state index is -0.0505. The van der Waals surface area contributed by atoms with Crippen LogP contribution in [0.2, 0.25) is 0 Å². The van der Waals surface area contributed by atoms with Crippen LogP contribution in [0.5, 0.6) is 5.75 Å². The molecule has 0 fully saturated rings. The molecular formula is C18H21NO3.